The number of phenols is 1. The molecular formula is C25H31NO5. The number of benzene rings is 2. The van der Waals surface area contributed by atoms with E-state index in [1.54, 1.807) is 18.1 Å². The number of carbonyl (C=O) groups is 1. The van der Waals surface area contributed by atoms with E-state index in [1.807, 2.05) is 57.2 Å². The number of rotatable bonds is 2. The van der Waals surface area contributed by atoms with E-state index in [1.165, 1.54) is 0 Å². The molecule has 1 saturated heterocycles. The van der Waals surface area contributed by atoms with Gasteiger partial charge in [-0.25, -0.2) is 4.79 Å². The van der Waals surface area contributed by atoms with Gasteiger partial charge in [0.2, 0.25) is 0 Å². The molecule has 31 heavy (non-hydrogen) atoms. The summed E-state index contributed by atoms with van der Waals surface area (Å²) in [5, 5.41) is 10.1. The number of phenolic OH excluding ortho intramolecular Hbond substituents is 1. The summed E-state index contributed by atoms with van der Waals surface area (Å²) in [6.45, 7) is 6.81. The maximum atomic E-state index is 12.5. The van der Waals surface area contributed by atoms with Gasteiger partial charge in [0.25, 0.3) is 0 Å². The number of aromatic hydroxyl groups is 1. The molecular weight excluding hydrogens is 394 g/mol. The fourth-order valence-corrected chi connectivity index (χ4v) is 4.54. The lowest BCUT2D eigenvalue weighted by Crippen LogP contribution is -2.52. The van der Waals surface area contributed by atoms with Gasteiger partial charge in [0.05, 0.1) is 7.11 Å². The van der Waals surface area contributed by atoms with Gasteiger partial charge >= 0.3 is 6.09 Å². The zero-order valence-electron chi connectivity index (χ0n) is 18.7. The first-order valence-corrected chi connectivity index (χ1v) is 10.8. The molecule has 0 radical (unpaired) electrons. The molecule has 0 aromatic heterocycles. The molecule has 4 rings (SSSR count). The zero-order valence-corrected chi connectivity index (χ0v) is 18.7. The van der Waals surface area contributed by atoms with E-state index < -0.39 is 5.60 Å². The first-order chi connectivity index (χ1) is 14.7. The summed E-state index contributed by atoms with van der Waals surface area (Å²) in [4.78, 5) is 14.3. The largest absolute Gasteiger partial charge is 0.508 e. The minimum Gasteiger partial charge on any atom is -0.508 e. The topological polar surface area (TPSA) is 68.2 Å². The average molecular weight is 426 g/mol. The van der Waals surface area contributed by atoms with Crippen molar-refractivity contribution < 1.29 is 24.1 Å². The molecule has 0 saturated carbocycles. The van der Waals surface area contributed by atoms with Crippen molar-refractivity contribution in [1.82, 2.24) is 4.90 Å². The summed E-state index contributed by atoms with van der Waals surface area (Å²) in [5.41, 5.74) is 1.26. The second kappa shape index (κ2) is 7.98. The SMILES string of the molecule is COc1ccc2c(c1)OC1(CCN(C(=O)OC(C)(C)C)CC1)CC2c1cccc(O)c1. The number of carbonyl (C=O) groups excluding carboxylic acids is 1. The number of likely N-dealkylation sites (tertiary alicyclic amines) is 1. The van der Waals surface area contributed by atoms with Crippen LogP contribution in [0.15, 0.2) is 42.5 Å². The fourth-order valence-electron chi connectivity index (χ4n) is 4.54. The predicted molar refractivity (Wildman–Crippen MR) is 118 cm³/mol. The van der Waals surface area contributed by atoms with E-state index in [9.17, 15) is 9.90 Å². The van der Waals surface area contributed by atoms with Crippen LogP contribution in [0, 0.1) is 0 Å². The number of piperidine rings is 1. The van der Waals surface area contributed by atoms with Gasteiger partial charge in [0.15, 0.2) is 0 Å². The minimum atomic E-state index is -0.510. The van der Waals surface area contributed by atoms with Crippen molar-refractivity contribution in [1.29, 1.82) is 0 Å². The van der Waals surface area contributed by atoms with Crippen molar-refractivity contribution in [3.63, 3.8) is 0 Å². The van der Waals surface area contributed by atoms with Gasteiger partial charge < -0.3 is 24.2 Å². The van der Waals surface area contributed by atoms with Crippen LogP contribution < -0.4 is 9.47 Å². The highest BCUT2D eigenvalue weighted by Gasteiger charge is 2.45. The summed E-state index contributed by atoms with van der Waals surface area (Å²) >= 11 is 0. The number of ether oxygens (including phenoxy) is 3. The summed E-state index contributed by atoms with van der Waals surface area (Å²) < 4.78 is 17.6. The minimum absolute atomic E-state index is 0.0924. The number of hydrogen-bond acceptors (Lipinski definition) is 5. The summed E-state index contributed by atoms with van der Waals surface area (Å²) in [5.74, 6) is 1.91. The van der Waals surface area contributed by atoms with Crippen molar-refractivity contribution in [3.8, 4) is 17.2 Å². The first-order valence-electron chi connectivity index (χ1n) is 10.8. The zero-order chi connectivity index (χ0) is 22.2. The molecule has 2 aliphatic rings. The Labute approximate surface area is 183 Å². The molecule has 2 aliphatic heterocycles. The molecule has 0 aliphatic carbocycles. The van der Waals surface area contributed by atoms with Gasteiger partial charge in [-0.05, 0) is 51.0 Å². The second-order valence-electron chi connectivity index (χ2n) is 9.51. The Morgan fingerprint density at radius 3 is 2.55 bits per heavy atom. The highest BCUT2D eigenvalue weighted by atomic mass is 16.6. The van der Waals surface area contributed by atoms with Gasteiger partial charge in [0.1, 0.15) is 28.5 Å². The quantitative estimate of drug-likeness (QED) is 0.726. The van der Waals surface area contributed by atoms with E-state index >= 15 is 0 Å². The number of amides is 1. The maximum absolute atomic E-state index is 12.5. The third-order valence-electron chi connectivity index (χ3n) is 6.10. The second-order valence-corrected chi connectivity index (χ2v) is 9.51. The van der Waals surface area contributed by atoms with Gasteiger partial charge in [-0.3, -0.25) is 0 Å². The van der Waals surface area contributed by atoms with Crippen molar-refractivity contribution in [2.45, 2.75) is 57.2 Å². The maximum Gasteiger partial charge on any atom is 0.410 e. The lowest BCUT2D eigenvalue weighted by molar-refractivity contribution is -0.0302. The van der Waals surface area contributed by atoms with Crippen molar-refractivity contribution in [3.05, 3.63) is 53.6 Å². The van der Waals surface area contributed by atoms with E-state index in [4.69, 9.17) is 14.2 Å². The van der Waals surface area contributed by atoms with Crippen molar-refractivity contribution in [2.24, 2.45) is 0 Å². The molecule has 1 amide bonds. The van der Waals surface area contributed by atoms with E-state index in [2.05, 4.69) is 0 Å². The third kappa shape index (κ3) is 4.58. The van der Waals surface area contributed by atoms with Crippen LogP contribution in [0.1, 0.15) is 57.1 Å². The smallest absolute Gasteiger partial charge is 0.410 e. The van der Waals surface area contributed by atoms with Crippen LogP contribution in [0.25, 0.3) is 0 Å². The van der Waals surface area contributed by atoms with Gasteiger partial charge in [-0.2, -0.15) is 0 Å². The third-order valence-corrected chi connectivity index (χ3v) is 6.10. The lowest BCUT2D eigenvalue weighted by atomic mass is 9.75. The molecule has 6 nitrogen and oxygen atoms in total. The van der Waals surface area contributed by atoms with Crippen molar-refractivity contribution >= 4 is 6.09 Å². The standard InChI is InChI=1S/C25H31NO5/c1-24(2,3)31-23(28)26-12-10-25(11-13-26)16-21(17-6-5-7-18(27)14-17)20-9-8-19(29-4)15-22(20)30-25/h5-9,14-15,21,27H,10-13,16H2,1-4H3. The van der Waals surface area contributed by atoms with Crippen LogP contribution in [-0.4, -0.2) is 47.5 Å². The van der Waals surface area contributed by atoms with Crippen LogP contribution in [0.2, 0.25) is 0 Å². The van der Waals surface area contributed by atoms with Crippen LogP contribution >= 0.6 is 0 Å². The van der Waals surface area contributed by atoms with Crippen LogP contribution in [-0.2, 0) is 4.74 Å². The molecule has 6 heteroatoms. The van der Waals surface area contributed by atoms with Crippen LogP contribution in [0.4, 0.5) is 4.79 Å². The fraction of sp³-hybridized carbons (Fsp3) is 0.480. The molecule has 1 unspecified atom stereocenters. The van der Waals surface area contributed by atoms with Gasteiger partial charge in [0, 0.05) is 43.5 Å². The Morgan fingerprint density at radius 1 is 1.16 bits per heavy atom. The highest BCUT2D eigenvalue weighted by Crippen LogP contribution is 2.49. The first kappa shape index (κ1) is 21.3. The monoisotopic (exact) mass is 425 g/mol. The number of hydrogen-bond donors (Lipinski definition) is 1. The van der Waals surface area contributed by atoms with Crippen LogP contribution in [0.5, 0.6) is 17.2 Å². The lowest BCUT2D eigenvalue weighted by Gasteiger charge is -2.47. The molecule has 1 atom stereocenters. The summed E-state index contributed by atoms with van der Waals surface area (Å²) in [6.07, 6.45) is 1.96. The summed E-state index contributed by atoms with van der Waals surface area (Å²) in [7, 11) is 1.65. The number of nitrogens with zero attached hydrogens (tertiary/aromatic N) is 1. The highest BCUT2D eigenvalue weighted by molar-refractivity contribution is 5.68. The number of fused-ring (bicyclic) bond motifs is 1. The Hall–Kier alpha value is -2.89. The molecule has 2 heterocycles. The average Bonchev–Trinajstić information content (AvgIpc) is 2.72. The molecule has 166 valence electrons. The Morgan fingerprint density at radius 2 is 1.90 bits per heavy atom. The van der Waals surface area contributed by atoms with Gasteiger partial charge in [-0.1, -0.05) is 18.2 Å². The normalized spacial score (nSPS) is 20.0. The molecule has 1 fully saturated rings. The van der Waals surface area contributed by atoms with E-state index in [-0.39, 0.29) is 23.4 Å². The van der Waals surface area contributed by atoms with Crippen LogP contribution in [0.3, 0.4) is 0 Å². The van der Waals surface area contributed by atoms with Gasteiger partial charge in [-0.15, -0.1) is 0 Å². The summed E-state index contributed by atoms with van der Waals surface area (Å²) in [6, 6.07) is 13.4. The molecule has 1 spiro atoms. The molecule has 2 aromatic carbocycles. The number of methoxy groups -OCH3 is 1. The Bertz CT molecular complexity index is 957. The van der Waals surface area contributed by atoms with Crippen molar-refractivity contribution in [2.75, 3.05) is 20.2 Å². The molecule has 0 bridgehead atoms. The predicted octanol–water partition coefficient (Wildman–Crippen LogP) is 5.08. The Balaban J connectivity index is 1.61. The molecule has 2 aromatic rings. The van der Waals surface area contributed by atoms with E-state index in [0.29, 0.717) is 13.1 Å². The Kier molecular flexibility index (Phi) is 5.50. The van der Waals surface area contributed by atoms with E-state index in [0.717, 1.165) is 41.9 Å². The molecule has 1 N–H and O–H groups in total.